The number of carboxylic acid groups (broad SMARTS) is 1. The van der Waals surface area contributed by atoms with Crippen molar-refractivity contribution < 1.29 is 37.8 Å². The molecule has 1 unspecified atom stereocenters. The van der Waals surface area contributed by atoms with E-state index < -0.39 is 59.3 Å². The first-order valence-corrected chi connectivity index (χ1v) is 12.5. The Hall–Kier alpha value is -4.13. The molecule has 0 aliphatic carbocycles. The number of fused-ring (bicyclic) bond motifs is 1. The zero-order valence-electron chi connectivity index (χ0n) is 21.4. The van der Waals surface area contributed by atoms with Gasteiger partial charge in [-0.15, -0.1) is 0 Å². The normalized spacial score (nSPS) is 18.6. The third-order valence-electron chi connectivity index (χ3n) is 7.13. The Balaban J connectivity index is 1.66. The number of rotatable bonds is 7. The molecule has 1 aromatic carbocycles. The molecule has 2 aromatic rings. The minimum Gasteiger partial charge on any atom is -0.465 e. The third kappa shape index (κ3) is 5.82. The summed E-state index contributed by atoms with van der Waals surface area (Å²) in [5.41, 5.74) is -0.0744. The van der Waals surface area contributed by atoms with Crippen LogP contribution in [-0.2, 0) is 25.5 Å². The van der Waals surface area contributed by atoms with E-state index in [0.717, 1.165) is 28.0 Å². The number of carbonyl (C=O) groups is 4. The first-order valence-electron chi connectivity index (χ1n) is 12.5. The van der Waals surface area contributed by atoms with Gasteiger partial charge in [0.15, 0.2) is 0 Å². The van der Waals surface area contributed by atoms with Gasteiger partial charge in [-0.2, -0.15) is 0 Å². The van der Waals surface area contributed by atoms with Crippen molar-refractivity contribution in [3.63, 3.8) is 0 Å². The summed E-state index contributed by atoms with van der Waals surface area (Å²) >= 11 is 0. The lowest BCUT2D eigenvalue weighted by molar-refractivity contribution is -0.132. The number of hydrogen-bond donors (Lipinski definition) is 3. The van der Waals surface area contributed by atoms with Gasteiger partial charge in [0.1, 0.15) is 41.3 Å². The molecule has 2 aliphatic heterocycles. The maximum absolute atomic E-state index is 14.3. The van der Waals surface area contributed by atoms with Crippen LogP contribution >= 0.6 is 0 Å². The van der Waals surface area contributed by atoms with Crippen LogP contribution < -0.4 is 15.5 Å². The number of benzene rings is 1. The van der Waals surface area contributed by atoms with Crippen LogP contribution in [0.25, 0.3) is 0 Å². The quantitative estimate of drug-likeness (QED) is 0.484. The highest BCUT2D eigenvalue weighted by molar-refractivity contribution is 6.09. The van der Waals surface area contributed by atoms with E-state index in [9.17, 15) is 33.1 Å². The Morgan fingerprint density at radius 3 is 2.44 bits per heavy atom. The fourth-order valence-corrected chi connectivity index (χ4v) is 4.74. The molecule has 1 aromatic heterocycles. The number of amides is 4. The largest absolute Gasteiger partial charge is 0.465 e. The number of para-hydroxylation sites is 1. The van der Waals surface area contributed by atoms with E-state index in [4.69, 9.17) is 4.74 Å². The lowest BCUT2D eigenvalue weighted by atomic mass is 9.90. The molecule has 1 fully saturated rings. The summed E-state index contributed by atoms with van der Waals surface area (Å²) in [6.45, 7) is 2.08. The van der Waals surface area contributed by atoms with Gasteiger partial charge in [0.05, 0.1) is 0 Å². The van der Waals surface area contributed by atoms with Crippen molar-refractivity contribution in [1.82, 2.24) is 15.2 Å². The summed E-state index contributed by atoms with van der Waals surface area (Å²) in [4.78, 5) is 58.2. The Kier molecular flexibility index (Phi) is 8.38. The lowest BCUT2D eigenvalue weighted by Gasteiger charge is -2.35. The van der Waals surface area contributed by atoms with Crippen LogP contribution in [0.1, 0.15) is 25.3 Å². The Morgan fingerprint density at radius 2 is 1.79 bits per heavy atom. The van der Waals surface area contributed by atoms with E-state index in [1.165, 1.54) is 20.2 Å². The summed E-state index contributed by atoms with van der Waals surface area (Å²) in [6, 6.07) is 3.03. The highest BCUT2D eigenvalue weighted by Crippen LogP contribution is 2.33. The van der Waals surface area contributed by atoms with E-state index >= 15 is 0 Å². The number of anilines is 2. The minimum atomic E-state index is -1.32. The number of nitrogens with zero attached hydrogens (tertiary/aromatic N) is 3. The number of halogens is 2. The van der Waals surface area contributed by atoms with Gasteiger partial charge >= 0.3 is 6.09 Å². The highest BCUT2D eigenvalue weighted by Gasteiger charge is 2.45. The van der Waals surface area contributed by atoms with Crippen LogP contribution in [0.5, 0.6) is 0 Å². The summed E-state index contributed by atoms with van der Waals surface area (Å²) in [5, 5.41) is 14.2. The van der Waals surface area contributed by atoms with Crippen molar-refractivity contribution >= 4 is 35.3 Å². The van der Waals surface area contributed by atoms with E-state index in [1.807, 2.05) is 0 Å². The molecule has 0 bridgehead atoms. The molecule has 11 nitrogen and oxygen atoms in total. The van der Waals surface area contributed by atoms with E-state index in [-0.39, 0.29) is 18.2 Å². The fraction of sp³-hybridized carbons (Fsp3) is 0.423. The van der Waals surface area contributed by atoms with Crippen LogP contribution in [0, 0.1) is 17.6 Å². The van der Waals surface area contributed by atoms with Crippen LogP contribution in [-0.4, -0.2) is 77.2 Å². The molecule has 3 heterocycles. The van der Waals surface area contributed by atoms with Crippen molar-refractivity contribution in [2.45, 2.75) is 44.3 Å². The number of pyridine rings is 1. The van der Waals surface area contributed by atoms with Crippen LogP contribution in [0.3, 0.4) is 0 Å². The highest BCUT2D eigenvalue weighted by atomic mass is 19.1. The maximum atomic E-state index is 14.3. The van der Waals surface area contributed by atoms with Crippen LogP contribution in [0.2, 0.25) is 0 Å². The van der Waals surface area contributed by atoms with Crippen molar-refractivity contribution in [2.24, 2.45) is 5.92 Å². The molecular formula is C26H29F2N5O6. The van der Waals surface area contributed by atoms with Crippen LogP contribution in [0.15, 0.2) is 36.5 Å². The SMILES string of the molecule is C[C@@H](C(=O)N[C@H](C(=O)N1c2ncccc2CC1C(=O)Nc1c(F)cccc1F)C1CCOCC1)N(C)C(=O)O. The van der Waals surface area contributed by atoms with Gasteiger partial charge < -0.3 is 20.5 Å². The molecule has 39 heavy (non-hydrogen) atoms. The summed E-state index contributed by atoms with van der Waals surface area (Å²) < 4.78 is 34.0. The van der Waals surface area contributed by atoms with Gasteiger partial charge in [-0.1, -0.05) is 12.1 Å². The van der Waals surface area contributed by atoms with Gasteiger partial charge in [0, 0.05) is 32.9 Å². The molecule has 3 N–H and O–H groups in total. The molecular weight excluding hydrogens is 516 g/mol. The van der Waals surface area contributed by atoms with Gasteiger partial charge in [0.2, 0.25) is 11.8 Å². The van der Waals surface area contributed by atoms with Crippen molar-refractivity contribution in [3.05, 3.63) is 53.7 Å². The standard InChI is InChI=1S/C26H29F2N5O6/c1-14(32(2)26(37)38)23(34)30-20(15-8-11-39-12-9-15)25(36)33-19(13-16-5-4-10-29-22(16)33)24(35)31-21-17(27)6-3-7-18(21)28/h3-7,10,14-15,19-20H,8-9,11-13H2,1-2H3,(H,30,34)(H,31,35)(H,37,38)/t14-,19?,20-/m0/s1. The zero-order valence-corrected chi connectivity index (χ0v) is 21.4. The van der Waals surface area contributed by atoms with Gasteiger partial charge in [-0.05, 0) is 49.4 Å². The Labute approximate surface area is 223 Å². The second-order valence-electron chi connectivity index (χ2n) is 9.51. The van der Waals surface area contributed by atoms with E-state index in [0.29, 0.717) is 31.6 Å². The Morgan fingerprint density at radius 1 is 1.13 bits per heavy atom. The lowest BCUT2D eigenvalue weighted by Crippen LogP contribution is -2.59. The molecule has 1 saturated heterocycles. The molecule has 4 rings (SSSR count). The first kappa shape index (κ1) is 27.9. The smallest absolute Gasteiger partial charge is 0.407 e. The average Bonchev–Trinajstić information content (AvgIpc) is 3.32. The minimum absolute atomic E-state index is 0.0312. The van der Waals surface area contributed by atoms with Gasteiger partial charge in [-0.25, -0.2) is 18.6 Å². The predicted octanol–water partition coefficient (Wildman–Crippen LogP) is 2.17. The van der Waals surface area contributed by atoms with Crippen molar-refractivity contribution in [3.8, 4) is 0 Å². The Bertz CT molecular complexity index is 1250. The fourth-order valence-electron chi connectivity index (χ4n) is 4.74. The number of hydrogen-bond acceptors (Lipinski definition) is 6. The first-order chi connectivity index (χ1) is 18.6. The molecule has 3 atom stereocenters. The second-order valence-corrected chi connectivity index (χ2v) is 9.51. The van der Waals surface area contributed by atoms with Crippen molar-refractivity contribution in [2.75, 3.05) is 30.5 Å². The van der Waals surface area contributed by atoms with E-state index in [2.05, 4.69) is 15.6 Å². The summed E-state index contributed by atoms with van der Waals surface area (Å²) in [5.74, 6) is -4.30. The monoisotopic (exact) mass is 545 g/mol. The van der Waals surface area contributed by atoms with Crippen LogP contribution in [0.4, 0.5) is 25.1 Å². The number of ether oxygens (including phenoxy) is 1. The van der Waals surface area contributed by atoms with Gasteiger partial charge in [0.25, 0.3) is 5.91 Å². The topological polar surface area (TPSA) is 141 Å². The van der Waals surface area contributed by atoms with Gasteiger partial charge in [-0.3, -0.25) is 24.2 Å². The molecule has 13 heteroatoms. The van der Waals surface area contributed by atoms with Crippen molar-refractivity contribution in [1.29, 1.82) is 0 Å². The molecule has 0 radical (unpaired) electrons. The third-order valence-corrected chi connectivity index (χ3v) is 7.13. The molecule has 0 spiro atoms. The molecule has 2 aliphatic rings. The molecule has 4 amide bonds. The number of likely N-dealkylation sites (N-methyl/N-ethyl adjacent to an activating group) is 1. The zero-order chi connectivity index (χ0) is 28.3. The summed E-state index contributed by atoms with van der Waals surface area (Å²) in [7, 11) is 1.24. The summed E-state index contributed by atoms with van der Waals surface area (Å²) in [6.07, 6.45) is 1.02. The molecule has 0 saturated carbocycles. The number of aromatic nitrogens is 1. The average molecular weight is 546 g/mol. The molecule has 208 valence electrons. The maximum Gasteiger partial charge on any atom is 0.407 e. The van der Waals surface area contributed by atoms with E-state index in [1.54, 1.807) is 12.1 Å². The number of carbonyl (C=O) groups excluding carboxylic acids is 3. The second kappa shape index (κ2) is 11.7. The number of nitrogens with one attached hydrogen (secondary N) is 2. The predicted molar refractivity (Wildman–Crippen MR) is 135 cm³/mol.